The molecule has 0 spiro atoms. The molecule has 0 aliphatic heterocycles. The lowest BCUT2D eigenvalue weighted by molar-refractivity contribution is 0.0368. The lowest BCUT2D eigenvalue weighted by atomic mass is 9.96. The summed E-state index contributed by atoms with van der Waals surface area (Å²) in [5.74, 6) is -8.60. The van der Waals surface area contributed by atoms with Crippen molar-refractivity contribution in [2.75, 3.05) is 6.54 Å². The number of halogens is 4. The minimum atomic E-state index is -2.05. The van der Waals surface area contributed by atoms with Crippen molar-refractivity contribution in [3.05, 3.63) is 70.3 Å². The molecule has 0 aromatic heterocycles. The number of aliphatic hydroxyl groups is 1. The maximum Gasteiger partial charge on any atom is 0.254 e. The molecule has 1 amide bonds. The Morgan fingerprint density at radius 3 is 2.58 bits per heavy atom. The Morgan fingerprint density at radius 1 is 1.12 bits per heavy atom. The van der Waals surface area contributed by atoms with Crippen molar-refractivity contribution in [3.8, 4) is 0 Å². The van der Waals surface area contributed by atoms with Crippen LogP contribution in [0.2, 0.25) is 0 Å². The smallest absolute Gasteiger partial charge is 0.254 e. The second kappa shape index (κ2) is 5.90. The molecular formula is C17H13F4NO2. The van der Waals surface area contributed by atoms with Crippen molar-refractivity contribution >= 4 is 5.91 Å². The SMILES string of the molecule is O=C(NCC1(O)CCc2ccccc21)c1cc(F)c(F)c(F)c1F. The van der Waals surface area contributed by atoms with E-state index >= 15 is 0 Å². The van der Waals surface area contributed by atoms with Gasteiger partial charge < -0.3 is 10.4 Å². The van der Waals surface area contributed by atoms with Gasteiger partial charge in [0.25, 0.3) is 5.91 Å². The molecule has 2 N–H and O–H groups in total. The Balaban J connectivity index is 1.80. The van der Waals surface area contributed by atoms with E-state index in [9.17, 15) is 27.5 Å². The van der Waals surface area contributed by atoms with Gasteiger partial charge in [0.2, 0.25) is 0 Å². The Kier molecular flexibility index (Phi) is 4.04. The third-order valence-corrected chi connectivity index (χ3v) is 4.22. The first-order chi connectivity index (χ1) is 11.3. The maximum absolute atomic E-state index is 13.6. The van der Waals surface area contributed by atoms with Crippen LogP contribution in [0.4, 0.5) is 17.6 Å². The molecule has 0 radical (unpaired) electrons. The zero-order chi connectivity index (χ0) is 17.5. The van der Waals surface area contributed by atoms with E-state index in [0.717, 1.165) is 5.56 Å². The normalized spacial score (nSPS) is 19.2. The molecule has 1 aliphatic carbocycles. The van der Waals surface area contributed by atoms with Crippen LogP contribution in [-0.2, 0) is 12.0 Å². The molecule has 0 saturated heterocycles. The van der Waals surface area contributed by atoms with Gasteiger partial charge in [-0.3, -0.25) is 4.79 Å². The van der Waals surface area contributed by atoms with Crippen LogP contribution in [0, 0.1) is 23.3 Å². The highest BCUT2D eigenvalue weighted by molar-refractivity contribution is 5.94. The van der Waals surface area contributed by atoms with Gasteiger partial charge >= 0.3 is 0 Å². The zero-order valence-corrected chi connectivity index (χ0v) is 12.4. The molecule has 7 heteroatoms. The number of hydrogen-bond donors (Lipinski definition) is 2. The molecule has 0 saturated carbocycles. The number of amides is 1. The molecule has 2 aromatic rings. The molecule has 3 nitrogen and oxygen atoms in total. The molecule has 24 heavy (non-hydrogen) atoms. The van der Waals surface area contributed by atoms with Gasteiger partial charge in [-0.1, -0.05) is 24.3 Å². The third-order valence-electron chi connectivity index (χ3n) is 4.22. The van der Waals surface area contributed by atoms with Gasteiger partial charge in [-0.25, -0.2) is 17.6 Å². The molecular weight excluding hydrogens is 326 g/mol. The summed E-state index contributed by atoms with van der Waals surface area (Å²) in [6, 6.07) is 7.41. The summed E-state index contributed by atoms with van der Waals surface area (Å²) in [6.45, 7) is -0.261. The fourth-order valence-electron chi connectivity index (χ4n) is 2.91. The van der Waals surface area contributed by atoms with Gasteiger partial charge in [0, 0.05) is 0 Å². The number of hydrogen-bond acceptors (Lipinski definition) is 2. The van der Waals surface area contributed by atoms with E-state index in [2.05, 4.69) is 5.32 Å². The van der Waals surface area contributed by atoms with Gasteiger partial charge in [0.05, 0.1) is 12.1 Å². The standard InChI is InChI=1S/C17H13F4NO2/c18-12-7-10(13(19)15(21)14(12)20)16(23)22-8-17(24)6-5-9-3-1-2-4-11(9)17/h1-4,7,24H,5-6,8H2,(H,22,23). The van der Waals surface area contributed by atoms with Gasteiger partial charge in [0.15, 0.2) is 23.3 Å². The molecule has 3 rings (SSSR count). The van der Waals surface area contributed by atoms with Crippen molar-refractivity contribution in [1.82, 2.24) is 5.32 Å². The summed E-state index contributed by atoms with van der Waals surface area (Å²) in [4.78, 5) is 12.0. The minimum Gasteiger partial charge on any atom is -0.383 e. The number of aryl methyl sites for hydroxylation is 1. The van der Waals surface area contributed by atoms with Gasteiger partial charge in [-0.15, -0.1) is 0 Å². The molecule has 0 bridgehead atoms. The van der Waals surface area contributed by atoms with Crippen LogP contribution in [0.15, 0.2) is 30.3 Å². The Labute approximate surface area is 134 Å². The predicted molar refractivity (Wildman–Crippen MR) is 77.3 cm³/mol. The summed E-state index contributed by atoms with van der Waals surface area (Å²) in [5, 5.41) is 12.9. The first kappa shape index (κ1) is 16.4. The summed E-state index contributed by atoms with van der Waals surface area (Å²) in [6.07, 6.45) is 0.956. The van der Waals surface area contributed by atoms with Crippen molar-refractivity contribution in [1.29, 1.82) is 0 Å². The summed E-state index contributed by atoms with van der Waals surface area (Å²) < 4.78 is 52.9. The molecule has 0 fully saturated rings. The van der Waals surface area contributed by atoms with Crippen LogP contribution < -0.4 is 5.32 Å². The van der Waals surface area contributed by atoms with E-state index in [0.29, 0.717) is 18.4 Å². The lowest BCUT2D eigenvalue weighted by Crippen LogP contribution is -2.39. The molecule has 126 valence electrons. The highest BCUT2D eigenvalue weighted by atomic mass is 19.2. The summed E-state index contributed by atoms with van der Waals surface area (Å²) in [5.41, 5.74) is -0.734. The number of benzene rings is 2. The van der Waals surface area contributed by atoms with Crippen molar-refractivity contribution in [2.24, 2.45) is 0 Å². The first-order valence-corrected chi connectivity index (χ1v) is 7.25. The quantitative estimate of drug-likeness (QED) is 0.513. The van der Waals surface area contributed by atoms with Crippen LogP contribution in [0.25, 0.3) is 0 Å². The molecule has 2 aromatic carbocycles. The molecule has 1 atom stereocenters. The van der Waals surface area contributed by atoms with E-state index in [4.69, 9.17) is 0 Å². The van der Waals surface area contributed by atoms with Gasteiger partial charge in [-0.05, 0) is 30.0 Å². The number of carbonyl (C=O) groups excluding carboxylic acids is 1. The largest absolute Gasteiger partial charge is 0.383 e. The van der Waals surface area contributed by atoms with E-state index in [-0.39, 0.29) is 12.6 Å². The Morgan fingerprint density at radius 2 is 1.83 bits per heavy atom. The maximum atomic E-state index is 13.6. The zero-order valence-electron chi connectivity index (χ0n) is 12.4. The fraction of sp³-hybridized carbons (Fsp3) is 0.235. The Bertz CT molecular complexity index is 824. The summed E-state index contributed by atoms with van der Waals surface area (Å²) in [7, 11) is 0. The molecule has 0 heterocycles. The number of rotatable bonds is 3. The second-order valence-electron chi connectivity index (χ2n) is 5.72. The van der Waals surface area contributed by atoms with Crippen LogP contribution in [0.3, 0.4) is 0 Å². The first-order valence-electron chi connectivity index (χ1n) is 7.25. The van der Waals surface area contributed by atoms with Crippen LogP contribution in [0.5, 0.6) is 0 Å². The molecule has 1 unspecified atom stereocenters. The highest BCUT2D eigenvalue weighted by Gasteiger charge is 2.37. The minimum absolute atomic E-state index is 0.261. The second-order valence-corrected chi connectivity index (χ2v) is 5.72. The Hall–Kier alpha value is -2.41. The van der Waals surface area contributed by atoms with Crippen LogP contribution >= 0.6 is 0 Å². The van der Waals surface area contributed by atoms with Crippen LogP contribution in [0.1, 0.15) is 27.9 Å². The third kappa shape index (κ3) is 2.65. The average molecular weight is 339 g/mol. The van der Waals surface area contributed by atoms with E-state index in [1.165, 1.54) is 0 Å². The number of nitrogens with one attached hydrogen (secondary N) is 1. The lowest BCUT2D eigenvalue weighted by Gasteiger charge is -2.24. The highest BCUT2D eigenvalue weighted by Crippen LogP contribution is 2.36. The van der Waals surface area contributed by atoms with Crippen molar-refractivity contribution in [3.63, 3.8) is 0 Å². The van der Waals surface area contributed by atoms with E-state index in [1.807, 2.05) is 12.1 Å². The van der Waals surface area contributed by atoms with Gasteiger partial charge in [0.1, 0.15) is 5.60 Å². The average Bonchev–Trinajstić information content (AvgIpc) is 2.92. The van der Waals surface area contributed by atoms with Gasteiger partial charge in [-0.2, -0.15) is 0 Å². The van der Waals surface area contributed by atoms with Crippen molar-refractivity contribution < 1.29 is 27.5 Å². The van der Waals surface area contributed by atoms with E-state index in [1.54, 1.807) is 12.1 Å². The fourth-order valence-corrected chi connectivity index (χ4v) is 2.91. The van der Waals surface area contributed by atoms with E-state index < -0.39 is 40.3 Å². The molecule has 1 aliphatic rings. The monoisotopic (exact) mass is 339 g/mol. The topological polar surface area (TPSA) is 49.3 Å². The number of fused-ring (bicyclic) bond motifs is 1. The van der Waals surface area contributed by atoms with Crippen molar-refractivity contribution in [2.45, 2.75) is 18.4 Å². The predicted octanol–water partition coefficient (Wildman–Crippen LogP) is 2.81. The van der Waals surface area contributed by atoms with Crippen LogP contribution in [-0.4, -0.2) is 17.6 Å². The number of carbonyl (C=O) groups is 1. The summed E-state index contributed by atoms with van der Waals surface area (Å²) >= 11 is 0.